The molecule has 0 aliphatic carbocycles. The maximum Gasteiger partial charge on any atom is 0.305 e. The van der Waals surface area contributed by atoms with Gasteiger partial charge in [0.2, 0.25) is 0 Å². The quantitative estimate of drug-likeness (QED) is 0.343. The number of rotatable bonds is 11. The summed E-state index contributed by atoms with van der Waals surface area (Å²) < 4.78 is 0. The standard InChI is InChI=1S/C10H20N2O5/c1-2-12(17-8-4-10(15)16)7-6-11-5-3-9(13)14/h11H,2-8H2,1H3,(H,13,14)(H,15,16). The lowest BCUT2D eigenvalue weighted by Gasteiger charge is -2.19. The second-order valence-corrected chi connectivity index (χ2v) is 3.39. The Balaban J connectivity index is 3.47. The number of hydroxylamine groups is 2. The van der Waals surface area contributed by atoms with Gasteiger partial charge in [-0.3, -0.25) is 14.4 Å². The molecule has 100 valence electrons. The van der Waals surface area contributed by atoms with Crippen molar-refractivity contribution in [1.82, 2.24) is 10.4 Å². The van der Waals surface area contributed by atoms with Crippen molar-refractivity contribution in [1.29, 1.82) is 0 Å². The van der Waals surface area contributed by atoms with Crippen molar-refractivity contribution < 1.29 is 24.6 Å². The molecule has 0 heterocycles. The van der Waals surface area contributed by atoms with Crippen molar-refractivity contribution >= 4 is 11.9 Å². The van der Waals surface area contributed by atoms with E-state index < -0.39 is 11.9 Å². The first-order valence-corrected chi connectivity index (χ1v) is 5.58. The van der Waals surface area contributed by atoms with Gasteiger partial charge in [-0.1, -0.05) is 6.92 Å². The fraction of sp³-hybridized carbons (Fsp3) is 0.800. The van der Waals surface area contributed by atoms with E-state index in [4.69, 9.17) is 15.1 Å². The Morgan fingerprint density at radius 3 is 2.35 bits per heavy atom. The number of carbonyl (C=O) groups is 2. The van der Waals surface area contributed by atoms with E-state index in [1.165, 1.54) is 0 Å². The molecular formula is C10H20N2O5. The summed E-state index contributed by atoms with van der Waals surface area (Å²) in [5, 5.41) is 21.4. The fourth-order valence-electron chi connectivity index (χ4n) is 1.10. The summed E-state index contributed by atoms with van der Waals surface area (Å²) in [5.74, 6) is -1.72. The summed E-state index contributed by atoms with van der Waals surface area (Å²) in [6.07, 6.45) is 0.0644. The van der Waals surface area contributed by atoms with E-state index in [0.717, 1.165) is 0 Å². The molecule has 0 bridgehead atoms. The molecule has 7 nitrogen and oxygen atoms in total. The minimum absolute atomic E-state index is 0.0249. The van der Waals surface area contributed by atoms with Crippen LogP contribution in [0.5, 0.6) is 0 Å². The van der Waals surface area contributed by atoms with E-state index in [1.807, 2.05) is 6.92 Å². The lowest BCUT2D eigenvalue weighted by Crippen LogP contribution is -2.33. The Morgan fingerprint density at radius 2 is 1.82 bits per heavy atom. The molecule has 0 aromatic carbocycles. The summed E-state index contributed by atoms with van der Waals surface area (Å²) in [5.41, 5.74) is 0. The van der Waals surface area contributed by atoms with E-state index in [0.29, 0.717) is 26.2 Å². The number of hydrogen-bond acceptors (Lipinski definition) is 5. The molecule has 0 fully saturated rings. The van der Waals surface area contributed by atoms with Crippen molar-refractivity contribution in [3.8, 4) is 0 Å². The molecule has 0 atom stereocenters. The molecule has 0 amide bonds. The maximum atomic E-state index is 10.3. The highest BCUT2D eigenvalue weighted by Crippen LogP contribution is 1.91. The number of nitrogens with zero attached hydrogens (tertiary/aromatic N) is 1. The molecule has 0 spiro atoms. The SMILES string of the molecule is CCN(CCNCCC(=O)O)OCCC(=O)O. The van der Waals surface area contributed by atoms with Crippen LogP contribution in [0.4, 0.5) is 0 Å². The monoisotopic (exact) mass is 248 g/mol. The summed E-state index contributed by atoms with van der Waals surface area (Å²) in [6, 6.07) is 0. The van der Waals surface area contributed by atoms with Gasteiger partial charge < -0.3 is 15.5 Å². The third-order valence-electron chi connectivity index (χ3n) is 2.00. The zero-order chi connectivity index (χ0) is 13.1. The van der Waals surface area contributed by atoms with Crippen molar-refractivity contribution in [3.05, 3.63) is 0 Å². The number of likely N-dealkylation sites (N-methyl/N-ethyl adjacent to an activating group) is 1. The van der Waals surface area contributed by atoms with Crippen LogP contribution in [0.3, 0.4) is 0 Å². The molecule has 0 aliphatic heterocycles. The Morgan fingerprint density at radius 1 is 1.18 bits per heavy atom. The molecule has 0 unspecified atom stereocenters. The lowest BCUT2D eigenvalue weighted by molar-refractivity contribution is -0.164. The molecule has 0 aromatic heterocycles. The largest absolute Gasteiger partial charge is 0.481 e. The van der Waals surface area contributed by atoms with Gasteiger partial charge >= 0.3 is 11.9 Å². The van der Waals surface area contributed by atoms with Gasteiger partial charge in [-0.25, -0.2) is 0 Å². The minimum Gasteiger partial charge on any atom is -0.481 e. The molecule has 17 heavy (non-hydrogen) atoms. The normalized spacial score (nSPS) is 10.7. The van der Waals surface area contributed by atoms with Crippen LogP contribution in [0.15, 0.2) is 0 Å². The van der Waals surface area contributed by atoms with Crippen molar-refractivity contribution in [3.63, 3.8) is 0 Å². The van der Waals surface area contributed by atoms with Crippen LogP contribution < -0.4 is 5.32 Å². The predicted molar refractivity (Wildman–Crippen MR) is 60.6 cm³/mol. The number of nitrogens with one attached hydrogen (secondary N) is 1. The highest BCUT2D eigenvalue weighted by molar-refractivity contribution is 5.67. The van der Waals surface area contributed by atoms with E-state index >= 15 is 0 Å². The summed E-state index contributed by atoms with van der Waals surface area (Å²) in [6.45, 7) is 4.32. The summed E-state index contributed by atoms with van der Waals surface area (Å²) >= 11 is 0. The molecule has 0 rings (SSSR count). The number of aliphatic carboxylic acids is 2. The smallest absolute Gasteiger partial charge is 0.305 e. The maximum absolute atomic E-state index is 10.3. The highest BCUT2D eigenvalue weighted by atomic mass is 16.7. The lowest BCUT2D eigenvalue weighted by atomic mass is 10.4. The summed E-state index contributed by atoms with van der Waals surface area (Å²) in [7, 11) is 0. The van der Waals surface area contributed by atoms with Crippen LogP contribution in [0.2, 0.25) is 0 Å². The molecule has 0 saturated carbocycles. The van der Waals surface area contributed by atoms with Gasteiger partial charge in [0.15, 0.2) is 0 Å². The van der Waals surface area contributed by atoms with Crippen molar-refractivity contribution in [2.75, 3.05) is 32.8 Å². The van der Waals surface area contributed by atoms with Crippen LogP contribution in [-0.2, 0) is 14.4 Å². The molecular weight excluding hydrogens is 228 g/mol. The van der Waals surface area contributed by atoms with E-state index in [9.17, 15) is 9.59 Å². The average molecular weight is 248 g/mol. The molecule has 3 N–H and O–H groups in total. The number of carboxylic acid groups (broad SMARTS) is 2. The first-order valence-electron chi connectivity index (χ1n) is 5.58. The average Bonchev–Trinajstić information content (AvgIpc) is 2.25. The van der Waals surface area contributed by atoms with E-state index in [-0.39, 0.29) is 19.4 Å². The number of carboxylic acids is 2. The van der Waals surface area contributed by atoms with Gasteiger partial charge in [-0.15, -0.1) is 0 Å². The summed E-state index contributed by atoms with van der Waals surface area (Å²) in [4.78, 5) is 25.7. The highest BCUT2D eigenvalue weighted by Gasteiger charge is 2.04. The van der Waals surface area contributed by atoms with Crippen LogP contribution in [0, 0.1) is 0 Å². The topological polar surface area (TPSA) is 99.1 Å². The van der Waals surface area contributed by atoms with Gasteiger partial charge in [-0.05, 0) is 0 Å². The van der Waals surface area contributed by atoms with E-state index in [1.54, 1.807) is 5.06 Å². The van der Waals surface area contributed by atoms with Crippen LogP contribution in [0.25, 0.3) is 0 Å². The Hall–Kier alpha value is -1.18. The third-order valence-corrected chi connectivity index (χ3v) is 2.00. The van der Waals surface area contributed by atoms with Crippen molar-refractivity contribution in [2.24, 2.45) is 0 Å². The zero-order valence-corrected chi connectivity index (χ0v) is 10.0. The molecule has 0 aromatic rings. The fourth-order valence-corrected chi connectivity index (χ4v) is 1.10. The van der Waals surface area contributed by atoms with Gasteiger partial charge in [0, 0.05) is 26.2 Å². The van der Waals surface area contributed by atoms with Crippen LogP contribution in [-0.4, -0.2) is 60.0 Å². The van der Waals surface area contributed by atoms with Gasteiger partial charge in [0.05, 0.1) is 19.4 Å². The number of hydrogen-bond donors (Lipinski definition) is 3. The second kappa shape index (κ2) is 10.0. The first kappa shape index (κ1) is 15.8. The van der Waals surface area contributed by atoms with Gasteiger partial charge in [0.25, 0.3) is 0 Å². The third kappa shape index (κ3) is 11.1. The first-order chi connectivity index (χ1) is 8.06. The Bertz CT molecular complexity index is 235. The van der Waals surface area contributed by atoms with Gasteiger partial charge in [0.1, 0.15) is 0 Å². The molecule has 7 heteroatoms. The zero-order valence-electron chi connectivity index (χ0n) is 10.0. The van der Waals surface area contributed by atoms with Crippen LogP contribution in [0.1, 0.15) is 19.8 Å². The Kier molecular flexibility index (Phi) is 9.31. The Labute approximate surface area is 100 Å². The molecule has 0 aliphatic rings. The predicted octanol–water partition coefficient (Wildman–Crippen LogP) is -0.221. The van der Waals surface area contributed by atoms with Crippen molar-refractivity contribution in [2.45, 2.75) is 19.8 Å². The molecule has 0 radical (unpaired) electrons. The second-order valence-electron chi connectivity index (χ2n) is 3.39. The van der Waals surface area contributed by atoms with Gasteiger partial charge in [-0.2, -0.15) is 5.06 Å². The van der Waals surface area contributed by atoms with E-state index in [2.05, 4.69) is 5.32 Å². The minimum atomic E-state index is -0.888. The molecule has 0 saturated heterocycles. The van der Waals surface area contributed by atoms with Crippen LogP contribution >= 0.6 is 0 Å².